The fourth-order valence-electron chi connectivity index (χ4n) is 3.45. The van der Waals surface area contributed by atoms with Gasteiger partial charge in [0, 0.05) is 0 Å². The Labute approximate surface area is 173 Å². The number of hydrogen-bond acceptors (Lipinski definition) is 1. The smallest absolute Gasteiger partial charge is 0.261 e. The molecule has 0 N–H and O–H groups in total. The third-order valence-corrected chi connectivity index (χ3v) is 10.1. The Bertz CT molecular complexity index is 690. The van der Waals surface area contributed by atoms with E-state index in [2.05, 4.69) is 127 Å². The van der Waals surface area contributed by atoms with Crippen molar-refractivity contribution in [1.29, 1.82) is 0 Å². The Morgan fingerprint density at radius 2 is 1.46 bits per heavy atom. The van der Waals surface area contributed by atoms with Crippen LogP contribution in [0.15, 0.2) is 82.5 Å². The van der Waals surface area contributed by atoms with Gasteiger partial charge in [-0.3, -0.25) is 0 Å². The van der Waals surface area contributed by atoms with Gasteiger partial charge in [0.2, 0.25) is 0 Å². The van der Waals surface area contributed by atoms with Gasteiger partial charge in [0.05, 0.1) is 6.61 Å². The highest BCUT2D eigenvalue weighted by Crippen LogP contribution is 2.36. The van der Waals surface area contributed by atoms with Crippen LogP contribution in [0.4, 0.5) is 0 Å². The van der Waals surface area contributed by atoms with E-state index in [4.69, 9.17) is 4.43 Å². The molecule has 2 aromatic carbocycles. The molecule has 2 rings (SSSR count). The highest BCUT2D eigenvalue weighted by atomic mass is 127. The fourth-order valence-corrected chi connectivity index (χ4v) is 8.40. The van der Waals surface area contributed by atoms with Gasteiger partial charge < -0.3 is 4.43 Å². The van der Waals surface area contributed by atoms with Crippen LogP contribution in [0.25, 0.3) is 0 Å². The van der Waals surface area contributed by atoms with Gasteiger partial charge in [-0.1, -0.05) is 123 Å². The van der Waals surface area contributed by atoms with Crippen molar-refractivity contribution in [3.8, 4) is 0 Å². The lowest BCUT2D eigenvalue weighted by atomic mass is 10.2. The summed E-state index contributed by atoms with van der Waals surface area (Å²) < 4.78 is 8.94. The first-order chi connectivity index (χ1) is 12.5. The summed E-state index contributed by atoms with van der Waals surface area (Å²) >= 11 is 2.27. The van der Waals surface area contributed by atoms with Crippen molar-refractivity contribution in [2.45, 2.75) is 39.2 Å². The maximum atomic E-state index is 6.87. The largest absolute Gasteiger partial charge is 0.404 e. The quantitative estimate of drug-likeness (QED) is 0.277. The molecule has 0 atom stereocenters. The van der Waals surface area contributed by atoms with Crippen LogP contribution in [0.2, 0.25) is 5.04 Å². The van der Waals surface area contributed by atoms with E-state index in [0.29, 0.717) is 6.61 Å². The lowest BCUT2D eigenvalue weighted by Gasteiger charge is -2.42. The SMILES string of the molecule is CCC(/C=C\I)=C\CO[Si](c1ccccc1)(c1ccccc1)C(C)(C)C. The normalized spacial score (nSPS) is 13.3. The van der Waals surface area contributed by atoms with Gasteiger partial charge in [0.25, 0.3) is 8.32 Å². The van der Waals surface area contributed by atoms with Crippen LogP contribution in [-0.4, -0.2) is 14.9 Å². The van der Waals surface area contributed by atoms with Crippen LogP contribution >= 0.6 is 22.6 Å². The van der Waals surface area contributed by atoms with Crippen molar-refractivity contribution in [2.75, 3.05) is 6.61 Å². The molecule has 138 valence electrons. The Balaban J connectivity index is 2.54. The summed E-state index contributed by atoms with van der Waals surface area (Å²) in [5.74, 6) is 0. The van der Waals surface area contributed by atoms with E-state index < -0.39 is 8.32 Å². The summed E-state index contributed by atoms with van der Waals surface area (Å²) in [4.78, 5) is 0. The third-order valence-electron chi connectivity index (χ3n) is 4.75. The molecule has 0 amide bonds. The first-order valence-electron chi connectivity index (χ1n) is 9.16. The monoisotopic (exact) mass is 476 g/mol. The zero-order valence-electron chi connectivity index (χ0n) is 16.2. The van der Waals surface area contributed by atoms with Crippen LogP contribution in [0.5, 0.6) is 0 Å². The zero-order chi connectivity index (χ0) is 19.0. The summed E-state index contributed by atoms with van der Waals surface area (Å²) in [5.41, 5.74) is 1.32. The van der Waals surface area contributed by atoms with Crippen molar-refractivity contribution in [2.24, 2.45) is 0 Å². The van der Waals surface area contributed by atoms with E-state index in [1.807, 2.05) is 0 Å². The molecule has 3 heteroatoms. The van der Waals surface area contributed by atoms with Crippen molar-refractivity contribution in [3.63, 3.8) is 0 Å². The van der Waals surface area contributed by atoms with Crippen LogP contribution in [0.1, 0.15) is 34.1 Å². The van der Waals surface area contributed by atoms with E-state index in [1.54, 1.807) is 0 Å². The van der Waals surface area contributed by atoms with Crippen molar-refractivity contribution >= 4 is 41.3 Å². The molecule has 0 bridgehead atoms. The van der Waals surface area contributed by atoms with Crippen LogP contribution in [0.3, 0.4) is 0 Å². The molecule has 0 spiro atoms. The van der Waals surface area contributed by atoms with Crippen LogP contribution < -0.4 is 10.4 Å². The summed E-state index contributed by atoms with van der Waals surface area (Å²) in [6.07, 6.45) is 5.41. The lowest BCUT2D eigenvalue weighted by Crippen LogP contribution is -2.66. The minimum atomic E-state index is -2.42. The molecular weight excluding hydrogens is 447 g/mol. The predicted molar refractivity (Wildman–Crippen MR) is 125 cm³/mol. The van der Waals surface area contributed by atoms with Gasteiger partial charge in [0.1, 0.15) is 0 Å². The molecular formula is C23H29IOSi. The fraction of sp³-hybridized carbons (Fsp3) is 0.304. The first kappa shape index (κ1) is 21.1. The lowest BCUT2D eigenvalue weighted by molar-refractivity contribution is 0.338. The summed E-state index contributed by atoms with van der Waals surface area (Å²) in [6.45, 7) is 9.76. The van der Waals surface area contributed by atoms with E-state index in [-0.39, 0.29) is 5.04 Å². The second-order valence-electron chi connectivity index (χ2n) is 7.40. The zero-order valence-corrected chi connectivity index (χ0v) is 19.4. The first-order valence-corrected chi connectivity index (χ1v) is 12.3. The van der Waals surface area contributed by atoms with E-state index in [9.17, 15) is 0 Å². The summed E-state index contributed by atoms with van der Waals surface area (Å²) in [6, 6.07) is 21.6. The molecule has 0 aliphatic heterocycles. The number of halogens is 1. The van der Waals surface area contributed by atoms with Gasteiger partial charge >= 0.3 is 0 Å². The highest BCUT2D eigenvalue weighted by molar-refractivity contribution is 14.1. The molecule has 0 aliphatic rings. The van der Waals surface area contributed by atoms with Gasteiger partial charge in [-0.15, -0.1) is 0 Å². The van der Waals surface area contributed by atoms with Gasteiger partial charge in [0.15, 0.2) is 0 Å². The van der Waals surface area contributed by atoms with Crippen LogP contribution in [0, 0.1) is 0 Å². The molecule has 0 heterocycles. The molecule has 26 heavy (non-hydrogen) atoms. The summed E-state index contributed by atoms with van der Waals surface area (Å²) in [5, 5.41) is 2.68. The molecule has 0 saturated heterocycles. The second-order valence-corrected chi connectivity index (χ2v) is 12.4. The molecule has 1 nitrogen and oxygen atoms in total. The average molecular weight is 476 g/mol. The minimum absolute atomic E-state index is 0.0228. The molecule has 0 saturated carbocycles. The predicted octanol–water partition coefficient (Wildman–Crippen LogP) is 5.85. The van der Waals surface area contributed by atoms with Crippen molar-refractivity contribution in [1.82, 2.24) is 0 Å². The maximum absolute atomic E-state index is 6.87. The van der Waals surface area contributed by atoms with E-state index in [0.717, 1.165) is 6.42 Å². The number of rotatable bonds is 7. The molecule has 0 radical (unpaired) electrons. The van der Waals surface area contributed by atoms with Gasteiger partial charge in [-0.25, -0.2) is 0 Å². The van der Waals surface area contributed by atoms with Gasteiger partial charge in [-0.05, 0) is 31.5 Å². The third kappa shape index (κ3) is 4.75. The molecule has 0 aliphatic carbocycles. The number of benzene rings is 2. The Hall–Kier alpha value is -1.17. The van der Waals surface area contributed by atoms with E-state index >= 15 is 0 Å². The van der Waals surface area contributed by atoms with Crippen molar-refractivity contribution < 1.29 is 4.43 Å². The topological polar surface area (TPSA) is 9.23 Å². The minimum Gasteiger partial charge on any atom is -0.404 e. The Morgan fingerprint density at radius 3 is 1.85 bits per heavy atom. The van der Waals surface area contributed by atoms with E-state index in [1.165, 1.54) is 15.9 Å². The highest BCUT2D eigenvalue weighted by Gasteiger charge is 2.49. The molecule has 0 unspecified atom stereocenters. The maximum Gasteiger partial charge on any atom is 0.261 e. The van der Waals surface area contributed by atoms with Crippen molar-refractivity contribution in [3.05, 3.63) is 82.5 Å². The molecule has 0 fully saturated rings. The summed E-state index contributed by atoms with van der Waals surface area (Å²) in [7, 11) is -2.42. The second kappa shape index (κ2) is 9.67. The Morgan fingerprint density at radius 1 is 0.962 bits per heavy atom. The number of hydrogen-bond donors (Lipinski definition) is 0. The van der Waals surface area contributed by atoms with Gasteiger partial charge in [-0.2, -0.15) is 0 Å². The Kier molecular flexibility index (Phi) is 7.86. The molecule has 2 aromatic rings. The average Bonchev–Trinajstić information content (AvgIpc) is 2.65. The number of allylic oxidation sites excluding steroid dienone is 2. The van der Waals surface area contributed by atoms with Crippen LogP contribution in [-0.2, 0) is 4.43 Å². The standard InChI is InChI=1S/C23H29IOSi/c1-5-20(16-18-24)17-19-25-26(23(2,3)4,21-12-8-6-9-13-21)22-14-10-7-11-15-22/h6-18H,5,19H2,1-4H3/b18-16-,20-17+. The molecule has 0 aromatic heterocycles.